The molecule has 0 aliphatic carbocycles. The highest BCUT2D eigenvalue weighted by Gasteiger charge is 2.03. The van der Waals surface area contributed by atoms with Crippen molar-refractivity contribution in [1.82, 2.24) is 0 Å². The molecule has 0 aliphatic heterocycles. The number of rotatable bonds is 4. The van der Waals surface area contributed by atoms with Crippen LogP contribution >= 0.6 is 11.8 Å². The normalized spacial score (nSPS) is 10.7. The van der Waals surface area contributed by atoms with Crippen molar-refractivity contribution in [3.63, 3.8) is 0 Å². The maximum atomic E-state index is 13.3. The van der Waals surface area contributed by atoms with Crippen molar-refractivity contribution in [2.24, 2.45) is 5.73 Å². The molecule has 0 amide bonds. The van der Waals surface area contributed by atoms with E-state index in [1.807, 2.05) is 12.1 Å². The number of halogens is 1. The van der Waals surface area contributed by atoms with Gasteiger partial charge < -0.3 is 5.73 Å². The van der Waals surface area contributed by atoms with E-state index >= 15 is 0 Å². The molecule has 0 unspecified atom stereocenters. The molecular formula is C16H18FNS. The quantitative estimate of drug-likeness (QED) is 0.847. The zero-order valence-electron chi connectivity index (χ0n) is 11.2. The van der Waals surface area contributed by atoms with Crippen LogP contribution in [0, 0.1) is 19.7 Å². The molecule has 3 heteroatoms. The summed E-state index contributed by atoms with van der Waals surface area (Å²) in [6.45, 7) is 4.47. The molecule has 2 rings (SSSR count). The van der Waals surface area contributed by atoms with Crippen molar-refractivity contribution < 1.29 is 4.39 Å². The Hall–Kier alpha value is -1.32. The van der Waals surface area contributed by atoms with Crippen LogP contribution in [-0.4, -0.2) is 0 Å². The molecule has 0 radical (unpaired) electrons. The van der Waals surface area contributed by atoms with Gasteiger partial charge in [0.15, 0.2) is 0 Å². The van der Waals surface area contributed by atoms with Gasteiger partial charge >= 0.3 is 0 Å². The van der Waals surface area contributed by atoms with E-state index in [4.69, 9.17) is 5.73 Å². The van der Waals surface area contributed by atoms with E-state index in [1.165, 1.54) is 22.1 Å². The average Bonchev–Trinajstić information content (AvgIpc) is 2.41. The monoisotopic (exact) mass is 275 g/mol. The Morgan fingerprint density at radius 1 is 1.05 bits per heavy atom. The van der Waals surface area contributed by atoms with Gasteiger partial charge in [0.2, 0.25) is 0 Å². The van der Waals surface area contributed by atoms with E-state index in [2.05, 4.69) is 32.0 Å². The number of hydrogen-bond acceptors (Lipinski definition) is 2. The smallest absolute Gasteiger partial charge is 0.127 e. The molecule has 0 aromatic heterocycles. The molecule has 0 saturated carbocycles. The van der Waals surface area contributed by atoms with Crippen LogP contribution in [0.3, 0.4) is 0 Å². The first-order valence-corrected chi connectivity index (χ1v) is 7.26. The Labute approximate surface area is 118 Å². The van der Waals surface area contributed by atoms with Gasteiger partial charge in [0, 0.05) is 22.8 Å². The molecule has 0 fully saturated rings. The maximum Gasteiger partial charge on any atom is 0.127 e. The second-order valence-corrected chi connectivity index (χ2v) is 5.71. The van der Waals surface area contributed by atoms with E-state index in [-0.39, 0.29) is 12.4 Å². The van der Waals surface area contributed by atoms with E-state index in [9.17, 15) is 4.39 Å². The largest absolute Gasteiger partial charge is 0.326 e. The lowest BCUT2D eigenvalue weighted by Gasteiger charge is -2.07. The van der Waals surface area contributed by atoms with Crippen molar-refractivity contribution in [2.75, 3.05) is 0 Å². The number of benzene rings is 2. The third kappa shape index (κ3) is 3.58. The fraction of sp³-hybridized carbons (Fsp3) is 0.250. The van der Waals surface area contributed by atoms with Gasteiger partial charge in [-0.1, -0.05) is 18.2 Å². The minimum Gasteiger partial charge on any atom is -0.326 e. The minimum absolute atomic E-state index is 0.220. The topological polar surface area (TPSA) is 26.0 Å². The Balaban J connectivity index is 2.07. The summed E-state index contributed by atoms with van der Waals surface area (Å²) >= 11 is 1.76. The highest BCUT2D eigenvalue weighted by Crippen LogP contribution is 2.25. The van der Waals surface area contributed by atoms with Crippen molar-refractivity contribution in [3.8, 4) is 0 Å². The summed E-state index contributed by atoms with van der Waals surface area (Å²) in [6, 6.07) is 11.6. The average molecular weight is 275 g/mol. The lowest BCUT2D eigenvalue weighted by atomic mass is 10.1. The fourth-order valence-electron chi connectivity index (χ4n) is 1.84. The summed E-state index contributed by atoms with van der Waals surface area (Å²) in [5.74, 6) is 0.609. The van der Waals surface area contributed by atoms with E-state index in [1.54, 1.807) is 11.8 Å². The summed E-state index contributed by atoms with van der Waals surface area (Å²) in [5.41, 5.74) is 9.80. The Kier molecular flexibility index (Phi) is 4.61. The molecule has 1 nitrogen and oxygen atoms in total. The number of hydrogen-bond donors (Lipinski definition) is 1. The Morgan fingerprint density at radius 2 is 1.84 bits per heavy atom. The molecule has 0 atom stereocenters. The van der Waals surface area contributed by atoms with Crippen molar-refractivity contribution >= 4 is 11.8 Å². The molecule has 100 valence electrons. The van der Waals surface area contributed by atoms with E-state index < -0.39 is 0 Å². The lowest BCUT2D eigenvalue weighted by molar-refractivity contribution is 0.610. The Morgan fingerprint density at radius 3 is 2.53 bits per heavy atom. The first-order chi connectivity index (χ1) is 9.10. The van der Waals surface area contributed by atoms with Crippen molar-refractivity contribution in [2.45, 2.75) is 31.0 Å². The standard InChI is InChI=1S/C16H18FNS/c1-11-3-5-15(7-12(11)2)19-10-13-4-6-16(17)14(8-13)9-18/h3-8H,9-10,18H2,1-2H3. The van der Waals surface area contributed by atoms with Crippen LogP contribution in [0.5, 0.6) is 0 Å². The molecule has 0 bridgehead atoms. The molecule has 0 spiro atoms. The van der Waals surface area contributed by atoms with E-state index in [0.29, 0.717) is 5.56 Å². The van der Waals surface area contributed by atoms with Gasteiger partial charge in [0.25, 0.3) is 0 Å². The lowest BCUT2D eigenvalue weighted by Crippen LogP contribution is -2.00. The van der Waals surface area contributed by atoms with E-state index in [0.717, 1.165) is 11.3 Å². The summed E-state index contributed by atoms with van der Waals surface area (Å²) in [5, 5.41) is 0. The van der Waals surface area contributed by atoms with Crippen LogP contribution in [0.15, 0.2) is 41.3 Å². The predicted molar refractivity (Wildman–Crippen MR) is 79.8 cm³/mol. The SMILES string of the molecule is Cc1ccc(SCc2ccc(F)c(CN)c2)cc1C. The van der Waals surface area contributed by atoms with Crippen LogP contribution in [0.4, 0.5) is 4.39 Å². The second-order valence-electron chi connectivity index (χ2n) is 4.66. The molecular weight excluding hydrogens is 257 g/mol. The minimum atomic E-state index is -0.220. The van der Waals surface area contributed by atoms with Crippen molar-refractivity contribution in [3.05, 3.63) is 64.5 Å². The first-order valence-electron chi connectivity index (χ1n) is 6.27. The molecule has 19 heavy (non-hydrogen) atoms. The number of nitrogens with two attached hydrogens (primary N) is 1. The first kappa shape index (κ1) is 14.1. The third-order valence-electron chi connectivity index (χ3n) is 3.21. The van der Waals surface area contributed by atoms with Gasteiger partial charge in [-0.3, -0.25) is 0 Å². The Bertz CT molecular complexity index is 581. The highest BCUT2D eigenvalue weighted by molar-refractivity contribution is 7.98. The molecule has 2 aromatic rings. The molecule has 0 saturated heterocycles. The van der Waals surface area contributed by atoms with Crippen LogP contribution in [-0.2, 0) is 12.3 Å². The number of aryl methyl sites for hydroxylation is 2. The van der Waals surface area contributed by atoms with Gasteiger partial charge in [-0.25, -0.2) is 4.39 Å². The van der Waals surface area contributed by atoms with Crippen LogP contribution in [0.2, 0.25) is 0 Å². The van der Waals surface area contributed by atoms with Crippen LogP contribution in [0.1, 0.15) is 22.3 Å². The zero-order chi connectivity index (χ0) is 13.8. The summed E-state index contributed by atoms with van der Waals surface area (Å²) in [6.07, 6.45) is 0. The maximum absolute atomic E-state index is 13.3. The van der Waals surface area contributed by atoms with Gasteiger partial charge in [-0.15, -0.1) is 11.8 Å². The predicted octanol–water partition coefficient (Wildman–Crippen LogP) is 4.19. The van der Waals surface area contributed by atoms with Crippen LogP contribution < -0.4 is 5.73 Å². The molecule has 2 aromatic carbocycles. The summed E-state index contributed by atoms with van der Waals surface area (Å²) in [7, 11) is 0. The van der Waals surface area contributed by atoms with Gasteiger partial charge in [-0.2, -0.15) is 0 Å². The molecule has 0 heterocycles. The summed E-state index contributed by atoms with van der Waals surface area (Å²) in [4.78, 5) is 1.24. The second kappa shape index (κ2) is 6.22. The molecule has 2 N–H and O–H groups in total. The van der Waals surface area contributed by atoms with Gasteiger partial charge in [-0.05, 0) is 48.7 Å². The van der Waals surface area contributed by atoms with Crippen LogP contribution in [0.25, 0.3) is 0 Å². The fourth-order valence-corrected chi connectivity index (χ4v) is 2.78. The third-order valence-corrected chi connectivity index (χ3v) is 4.28. The van der Waals surface area contributed by atoms with Gasteiger partial charge in [0.05, 0.1) is 0 Å². The zero-order valence-corrected chi connectivity index (χ0v) is 12.1. The number of thioether (sulfide) groups is 1. The summed E-state index contributed by atoms with van der Waals surface area (Å²) < 4.78 is 13.3. The molecule has 0 aliphatic rings. The highest BCUT2D eigenvalue weighted by atomic mass is 32.2. The van der Waals surface area contributed by atoms with Gasteiger partial charge in [0.1, 0.15) is 5.82 Å². The van der Waals surface area contributed by atoms with Crippen molar-refractivity contribution in [1.29, 1.82) is 0 Å².